The van der Waals surface area contributed by atoms with Crippen molar-refractivity contribution in [3.63, 3.8) is 0 Å². The highest BCUT2D eigenvalue weighted by atomic mass is 16.1. The minimum atomic E-state index is -0.0422. The maximum atomic E-state index is 12.1. The van der Waals surface area contributed by atoms with Crippen molar-refractivity contribution >= 4 is 10.9 Å². The van der Waals surface area contributed by atoms with Crippen LogP contribution < -0.4 is 10.9 Å². The summed E-state index contributed by atoms with van der Waals surface area (Å²) in [6.07, 6.45) is 2.49. The van der Waals surface area contributed by atoms with Gasteiger partial charge in [-0.3, -0.25) is 9.69 Å². The molecule has 1 unspecified atom stereocenters. The van der Waals surface area contributed by atoms with Crippen LogP contribution in [0.4, 0.5) is 0 Å². The van der Waals surface area contributed by atoms with Gasteiger partial charge >= 0.3 is 0 Å². The van der Waals surface area contributed by atoms with Crippen molar-refractivity contribution in [2.24, 2.45) is 5.92 Å². The summed E-state index contributed by atoms with van der Waals surface area (Å²) in [5, 5.41) is 3.92. The number of piperidine rings is 1. The molecule has 5 nitrogen and oxygen atoms in total. The topological polar surface area (TPSA) is 61.0 Å². The van der Waals surface area contributed by atoms with Crippen LogP contribution in [0.2, 0.25) is 0 Å². The van der Waals surface area contributed by atoms with E-state index in [2.05, 4.69) is 20.2 Å². The molecule has 1 aliphatic heterocycles. The van der Waals surface area contributed by atoms with Crippen LogP contribution in [-0.2, 0) is 6.54 Å². The lowest BCUT2D eigenvalue weighted by Crippen LogP contribution is -2.39. The zero-order valence-electron chi connectivity index (χ0n) is 12.4. The van der Waals surface area contributed by atoms with Gasteiger partial charge in [0.25, 0.3) is 5.56 Å². The van der Waals surface area contributed by atoms with Crippen LogP contribution >= 0.6 is 0 Å². The molecule has 1 aromatic carbocycles. The first-order valence-corrected chi connectivity index (χ1v) is 7.61. The largest absolute Gasteiger partial charge is 0.319 e. The number of benzene rings is 1. The number of H-pyrrole nitrogens is 1. The molecule has 5 heteroatoms. The van der Waals surface area contributed by atoms with Gasteiger partial charge in [-0.05, 0) is 51.0 Å². The van der Waals surface area contributed by atoms with Gasteiger partial charge in [0.1, 0.15) is 5.82 Å². The highest BCUT2D eigenvalue weighted by Gasteiger charge is 2.20. The minimum absolute atomic E-state index is 0.0422. The SMILES string of the molecule is CNCC1CCCN(Cc2nc3ccccc3c(=O)[nH]2)C1. The number of hydrogen-bond donors (Lipinski definition) is 2. The number of nitrogens with zero attached hydrogens (tertiary/aromatic N) is 2. The van der Waals surface area contributed by atoms with E-state index in [9.17, 15) is 4.79 Å². The predicted octanol–water partition coefficient (Wildman–Crippen LogP) is 1.35. The van der Waals surface area contributed by atoms with Gasteiger partial charge in [-0.2, -0.15) is 0 Å². The summed E-state index contributed by atoms with van der Waals surface area (Å²) in [6, 6.07) is 7.50. The van der Waals surface area contributed by atoms with Crippen LogP contribution in [0.15, 0.2) is 29.1 Å². The van der Waals surface area contributed by atoms with E-state index in [-0.39, 0.29) is 5.56 Å². The Kier molecular flexibility index (Phi) is 4.31. The molecule has 0 spiro atoms. The third-order valence-electron chi connectivity index (χ3n) is 4.13. The molecule has 2 heterocycles. The van der Waals surface area contributed by atoms with Crippen molar-refractivity contribution in [3.8, 4) is 0 Å². The second kappa shape index (κ2) is 6.37. The molecule has 1 atom stereocenters. The van der Waals surface area contributed by atoms with E-state index in [4.69, 9.17) is 0 Å². The molecule has 3 rings (SSSR count). The molecule has 0 aliphatic carbocycles. The van der Waals surface area contributed by atoms with Crippen molar-refractivity contribution in [1.82, 2.24) is 20.2 Å². The quantitative estimate of drug-likeness (QED) is 0.891. The third-order valence-corrected chi connectivity index (χ3v) is 4.13. The minimum Gasteiger partial charge on any atom is -0.319 e. The summed E-state index contributed by atoms with van der Waals surface area (Å²) in [5.74, 6) is 1.46. The zero-order chi connectivity index (χ0) is 14.7. The van der Waals surface area contributed by atoms with Crippen molar-refractivity contribution in [2.45, 2.75) is 19.4 Å². The number of rotatable bonds is 4. The summed E-state index contributed by atoms with van der Waals surface area (Å²) in [5.41, 5.74) is 0.736. The number of para-hydroxylation sites is 1. The molecule has 1 aliphatic rings. The standard InChI is InChI=1S/C16H22N4O/c1-17-9-12-5-4-8-20(10-12)11-15-18-14-7-3-2-6-13(14)16(21)19-15/h2-3,6-7,12,17H,4-5,8-11H2,1H3,(H,18,19,21). The van der Waals surface area contributed by atoms with E-state index >= 15 is 0 Å². The lowest BCUT2D eigenvalue weighted by Gasteiger charge is -2.32. The third kappa shape index (κ3) is 3.31. The van der Waals surface area contributed by atoms with Crippen LogP contribution in [0.1, 0.15) is 18.7 Å². The summed E-state index contributed by atoms with van der Waals surface area (Å²) in [4.78, 5) is 22.0. The van der Waals surface area contributed by atoms with Crippen LogP contribution in [0.25, 0.3) is 10.9 Å². The summed E-state index contributed by atoms with van der Waals surface area (Å²) >= 11 is 0. The molecule has 0 amide bonds. The Morgan fingerprint density at radius 2 is 2.29 bits per heavy atom. The zero-order valence-corrected chi connectivity index (χ0v) is 12.4. The normalized spacial score (nSPS) is 20.0. The number of likely N-dealkylation sites (tertiary alicyclic amines) is 1. The van der Waals surface area contributed by atoms with Gasteiger partial charge in [0.05, 0.1) is 17.4 Å². The van der Waals surface area contributed by atoms with E-state index in [0.29, 0.717) is 11.3 Å². The lowest BCUT2D eigenvalue weighted by atomic mass is 9.98. The Balaban J connectivity index is 1.77. The van der Waals surface area contributed by atoms with Crippen molar-refractivity contribution < 1.29 is 0 Å². The second-order valence-corrected chi connectivity index (χ2v) is 5.83. The van der Waals surface area contributed by atoms with Crippen LogP contribution in [-0.4, -0.2) is 41.5 Å². The first kappa shape index (κ1) is 14.2. The molecule has 2 N–H and O–H groups in total. The second-order valence-electron chi connectivity index (χ2n) is 5.83. The van der Waals surface area contributed by atoms with Gasteiger partial charge in [0, 0.05) is 6.54 Å². The fourth-order valence-corrected chi connectivity index (χ4v) is 3.17. The highest BCUT2D eigenvalue weighted by molar-refractivity contribution is 5.77. The Labute approximate surface area is 124 Å². The number of hydrogen-bond acceptors (Lipinski definition) is 4. The number of nitrogens with one attached hydrogen (secondary N) is 2. The first-order valence-electron chi connectivity index (χ1n) is 7.61. The molecular formula is C16H22N4O. The van der Waals surface area contributed by atoms with Crippen molar-refractivity contribution in [1.29, 1.82) is 0 Å². The van der Waals surface area contributed by atoms with Gasteiger partial charge in [-0.15, -0.1) is 0 Å². The van der Waals surface area contributed by atoms with E-state index in [0.717, 1.165) is 37.5 Å². The molecule has 2 aromatic rings. The lowest BCUT2D eigenvalue weighted by molar-refractivity contribution is 0.163. The summed E-state index contributed by atoms with van der Waals surface area (Å²) < 4.78 is 0. The molecular weight excluding hydrogens is 264 g/mol. The van der Waals surface area contributed by atoms with Gasteiger partial charge in [-0.25, -0.2) is 4.98 Å². The van der Waals surface area contributed by atoms with E-state index in [1.807, 2.05) is 31.3 Å². The summed E-state index contributed by atoms with van der Waals surface area (Å²) in [7, 11) is 2.00. The summed E-state index contributed by atoms with van der Waals surface area (Å²) in [6.45, 7) is 3.92. The number of fused-ring (bicyclic) bond motifs is 1. The Morgan fingerprint density at radius 1 is 1.43 bits per heavy atom. The fourth-order valence-electron chi connectivity index (χ4n) is 3.17. The smallest absolute Gasteiger partial charge is 0.258 e. The maximum Gasteiger partial charge on any atom is 0.258 e. The first-order chi connectivity index (χ1) is 10.3. The molecule has 1 fully saturated rings. The molecule has 0 saturated carbocycles. The van der Waals surface area contributed by atoms with Gasteiger partial charge < -0.3 is 10.3 Å². The molecule has 1 aromatic heterocycles. The Bertz CT molecular complexity index is 665. The van der Waals surface area contributed by atoms with Crippen molar-refractivity contribution in [2.75, 3.05) is 26.7 Å². The van der Waals surface area contributed by atoms with Crippen LogP contribution in [0.5, 0.6) is 0 Å². The monoisotopic (exact) mass is 286 g/mol. The van der Waals surface area contributed by atoms with E-state index in [1.54, 1.807) is 0 Å². The molecule has 112 valence electrons. The molecule has 0 radical (unpaired) electrons. The Morgan fingerprint density at radius 3 is 3.14 bits per heavy atom. The molecule has 21 heavy (non-hydrogen) atoms. The fraction of sp³-hybridized carbons (Fsp3) is 0.500. The average molecular weight is 286 g/mol. The van der Waals surface area contributed by atoms with Crippen LogP contribution in [0.3, 0.4) is 0 Å². The van der Waals surface area contributed by atoms with Gasteiger partial charge in [-0.1, -0.05) is 12.1 Å². The molecule has 0 bridgehead atoms. The predicted molar refractivity (Wildman–Crippen MR) is 84.3 cm³/mol. The number of aromatic nitrogens is 2. The van der Waals surface area contributed by atoms with E-state index < -0.39 is 0 Å². The van der Waals surface area contributed by atoms with E-state index in [1.165, 1.54) is 12.8 Å². The van der Waals surface area contributed by atoms with Gasteiger partial charge in [0.2, 0.25) is 0 Å². The van der Waals surface area contributed by atoms with Gasteiger partial charge in [0.15, 0.2) is 0 Å². The number of aromatic amines is 1. The average Bonchev–Trinajstić information content (AvgIpc) is 2.48. The van der Waals surface area contributed by atoms with Crippen LogP contribution in [0, 0.1) is 5.92 Å². The highest BCUT2D eigenvalue weighted by Crippen LogP contribution is 2.17. The van der Waals surface area contributed by atoms with Crippen molar-refractivity contribution in [3.05, 3.63) is 40.4 Å². The Hall–Kier alpha value is -1.72. The molecule has 1 saturated heterocycles. The maximum absolute atomic E-state index is 12.1.